The molecule has 4 heteroatoms. The van der Waals surface area contributed by atoms with Gasteiger partial charge in [-0.2, -0.15) is 0 Å². The predicted molar refractivity (Wildman–Crippen MR) is 107 cm³/mol. The van der Waals surface area contributed by atoms with Gasteiger partial charge in [0.2, 0.25) is 0 Å². The Balaban J connectivity index is 1.42. The maximum absolute atomic E-state index is 6.38. The lowest BCUT2D eigenvalue weighted by molar-refractivity contribution is 0.0979. The monoisotopic (exact) mass is 366 g/mol. The van der Waals surface area contributed by atoms with Gasteiger partial charge in [0.25, 0.3) is 0 Å². The number of rotatable bonds is 4. The van der Waals surface area contributed by atoms with Gasteiger partial charge in [-0.25, -0.2) is 0 Å². The third kappa shape index (κ3) is 4.00. The molecule has 0 spiro atoms. The van der Waals surface area contributed by atoms with Crippen molar-refractivity contribution in [3.8, 4) is 5.75 Å². The lowest BCUT2D eigenvalue weighted by atomic mass is 10.1. The smallest absolute Gasteiger partial charge is 0.130 e. The van der Waals surface area contributed by atoms with Crippen molar-refractivity contribution in [3.05, 3.63) is 70.9 Å². The average molecular weight is 367 g/mol. The van der Waals surface area contributed by atoms with Gasteiger partial charge >= 0.3 is 0 Å². The first-order valence-corrected chi connectivity index (χ1v) is 9.55. The topological polar surface area (TPSA) is 25.4 Å². The van der Waals surface area contributed by atoms with Gasteiger partial charge in [-0.1, -0.05) is 41.9 Å². The van der Waals surface area contributed by atoms with E-state index in [0.717, 1.165) is 54.8 Å². The first kappa shape index (κ1) is 17.3. The van der Waals surface area contributed by atoms with Gasteiger partial charge < -0.3 is 4.74 Å². The number of fused-ring (bicyclic) bond motifs is 1. The summed E-state index contributed by atoms with van der Waals surface area (Å²) in [6.07, 6.45) is 2.34. The zero-order valence-corrected chi connectivity index (χ0v) is 15.7. The number of halogens is 1. The number of likely N-dealkylation sites (tertiary alicyclic amines) is 1. The molecule has 4 rings (SSSR count). The fraction of sp³-hybridized carbons (Fsp3) is 0.318. The highest BCUT2D eigenvalue weighted by Crippen LogP contribution is 2.30. The molecule has 1 aliphatic rings. The predicted octanol–water partition coefficient (Wildman–Crippen LogP) is 5.24. The molecule has 0 atom stereocenters. The number of hydrogen-bond donors (Lipinski definition) is 0. The number of hydrogen-bond acceptors (Lipinski definition) is 3. The Morgan fingerprint density at radius 3 is 2.62 bits per heavy atom. The van der Waals surface area contributed by atoms with E-state index in [9.17, 15) is 0 Å². The van der Waals surface area contributed by atoms with Crippen LogP contribution in [0.3, 0.4) is 0 Å². The summed E-state index contributed by atoms with van der Waals surface area (Å²) in [5.74, 6) is 0.922. The van der Waals surface area contributed by atoms with Gasteiger partial charge in [0.15, 0.2) is 0 Å². The van der Waals surface area contributed by atoms with Crippen molar-refractivity contribution >= 4 is 22.5 Å². The maximum atomic E-state index is 6.38. The zero-order chi connectivity index (χ0) is 17.9. The van der Waals surface area contributed by atoms with E-state index in [4.69, 9.17) is 16.3 Å². The Bertz CT molecular complexity index is 884. The summed E-state index contributed by atoms with van der Waals surface area (Å²) in [7, 11) is 0. The average Bonchev–Trinajstić information content (AvgIpc) is 2.64. The van der Waals surface area contributed by atoms with Crippen molar-refractivity contribution in [2.45, 2.75) is 32.4 Å². The van der Waals surface area contributed by atoms with Gasteiger partial charge in [0.05, 0.1) is 5.52 Å². The molecule has 2 aromatic carbocycles. The largest absolute Gasteiger partial charge is 0.490 e. The van der Waals surface area contributed by atoms with Gasteiger partial charge in [-0.15, -0.1) is 0 Å². The molecule has 0 N–H and O–H groups in total. The van der Waals surface area contributed by atoms with Crippen LogP contribution in [-0.2, 0) is 6.54 Å². The number of piperidine rings is 1. The van der Waals surface area contributed by atoms with Crippen molar-refractivity contribution in [3.63, 3.8) is 0 Å². The van der Waals surface area contributed by atoms with E-state index in [2.05, 4.69) is 40.2 Å². The highest BCUT2D eigenvalue weighted by Gasteiger charge is 2.21. The first-order valence-electron chi connectivity index (χ1n) is 9.17. The number of aromatic nitrogens is 1. The number of ether oxygens (including phenoxy) is 1. The Kier molecular flexibility index (Phi) is 5.09. The number of nitrogens with zero attached hydrogens (tertiary/aromatic N) is 2. The standard InChI is InChI=1S/C22H23ClN2O/c1-16-13-22(20-8-7-18(23)14-21(20)24-16)26-19-9-11-25(12-10-19)15-17-5-3-2-4-6-17/h2-8,13-14,19H,9-12,15H2,1H3. The van der Waals surface area contributed by atoms with Crippen LogP contribution in [0, 0.1) is 6.92 Å². The Morgan fingerprint density at radius 2 is 1.85 bits per heavy atom. The summed E-state index contributed by atoms with van der Waals surface area (Å²) < 4.78 is 6.38. The van der Waals surface area contributed by atoms with Crippen molar-refractivity contribution in [2.24, 2.45) is 0 Å². The van der Waals surface area contributed by atoms with Gasteiger partial charge in [-0.05, 0) is 43.5 Å². The van der Waals surface area contributed by atoms with Crippen molar-refractivity contribution in [1.29, 1.82) is 0 Å². The van der Waals surface area contributed by atoms with E-state index in [1.54, 1.807) is 0 Å². The van der Waals surface area contributed by atoms with Crippen LogP contribution in [0.5, 0.6) is 5.75 Å². The van der Waals surface area contributed by atoms with E-state index in [0.29, 0.717) is 5.02 Å². The third-order valence-electron chi connectivity index (χ3n) is 4.94. The highest BCUT2D eigenvalue weighted by molar-refractivity contribution is 6.31. The highest BCUT2D eigenvalue weighted by atomic mass is 35.5. The molecule has 1 fully saturated rings. The summed E-state index contributed by atoms with van der Waals surface area (Å²) in [4.78, 5) is 7.08. The van der Waals surface area contributed by atoms with Crippen LogP contribution in [0.15, 0.2) is 54.6 Å². The molecule has 0 aliphatic carbocycles. The molecule has 1 aromatic heterocycles. The molecule has 1 aliphatic heterocycles. The molecule has 134 valence electrons. The molecule has 0 amide bonds. The van der Waals surface area contributed by atoms with Crippen LogP contribution < -0.4 is 4.74 Å². The minimum Gasteiger partial charge on any atom is -0.490 e. The second kappa shape index (κ2) is 7.65. The summed E-state index contributed by atoms with van der Waals surface area (Å²) in [5, 5.41) is 1.74. The molecule has 0 bridgehead atoms. The second-order valence-electron chi connectivity index (χ2n) is 7.00. The lowest BCUT2D eigenvalue weighted by Crippen LogP contribution is -2.37. The minimum atomic E-state index is 0.253. The molecule has 3 nitrogen and oxygen atoms in total. The normalized spacial score (nSPS) is 16.1. The van der Waals surface area contributed by atoms with Crippen LogP contribution in [0.2, 0.25) is 5.02 Å². The molecule has 0 saturated carbocycles. The van der Waals surface area contributed by atoms with Crippen LogP contribution >= 0.6 is 11.6 Å². The number of pyridine rings is 1. The van der Waals surface area contributed by atoms with Crippen molar-refractivity contribution in [2.75, 3.05) is 13.1 Å². The van der Waals surface area contributed by atoms with Crippen LogP contribution in [0.4, 0.5) is 0 Å². The van der Waals surface area contributed by atoms with Crippen molar-refractivity contribution in [1.82, 2.24) is 9.88 Å². The van der Waals surface area contributed by atoms with E-state index in [1.165, 1.54) is 5.56 Å². The minimum absolute atomic E-state index is 0.253. The number of benzene rings is 2. The fourth-order valence-corrected chi connectivity index (χ4v) is 3.77. The van der Waals surface area contributed by atoms with Crippen LogP contribution in [0.25, 0.3) is 10.9 Å². The Hall–Kier alpha value is -2.10. The molecule has 0 unspecified atom stereocenters. The second-order valence-corrected chi connectivity index (χ2v) is 7.44. The molecule has 1 saturated heterocycles. The molecule has 0 radical (unpaired) electrons. The van der Waals surface area contributed by atoms with E-state index < -0.39 is 0 Å². The first-order chi connectivity index (χ1) is 12.7. The lowest BCUT2D eigenvalue weighted by Gasteiger charge is -2.32. The maximum Gasteiger partial charge on any atom is 0.130 e. The van der Waals surface area contributed by atoms with Gasteiger partial charge in [0, 0.05) is 41.8 Å². The summed E-state index contributed by atoms with van der Waals surface area (Å²) in [5.41, 5.74) is 3.23. The summed E-state index contributed by atoms with van der Waals surface area (Å²) in [6, 6.07) is 18.5. The molecular formula is C22H23ClN2O. The zero-order valence-electron chi connectivity index (χ0n) is 15.0. The molecular weight excluding hydrogens is 344 g/mol. The van der Waals surface area contributed by atoms with E-state index in [1.807, 2.05) is 31.2 Å². The quantitative estimate of drug-likeness (QED) is 0.631. The summed E-state index contributed by atoms with van der Waals surface area (Å²) in [6.45, 7) is 5.14. The van der Waals surface area contributed by atoms with E-state index in [-0.39, 0.29) is 6.10 Å². The SMILES string of the molecule is Cc1cc(OC2CCN(Cc3ccccc3)CC2)c2ccc(Cl)cc2n1. The Morgan fingerprint density at radius 1 is 1.08 bits per heavy atom. The van der Waals surface area contributed by atoms with Crippen molar-refractivity contribution < 1.29 is 4.74 Å². The third-order valence-corrected chi connectivity index (χ3v) is 5.17. The summed E-state index contributed by atoms with van der Waals surface area (Å²) >= 11 is 6.11. The molecule has 2 heterocycles. The molecule has 26 heavy (non-hydrogen) atoms. The molecule has 3 aromatic rings. The van der Waals surface area contributed by atoms with Gasteiger partial charge in [0.1, 0.15) is 11.9 Å². The van der Waals surface area contributed by atoms with Gasteiger partial charge in [-0.3, -0.25) is 9.88 Å². The fourth-order valence-electron chi connectivity index (χ4n) is 3.60. The Labute approximate surface area is 159 Å². The van der Waals surface area contributed by atoms with Crippen LogP contribution in [-0.4, -0.2) is 29.1 Å². The number of aryl methyl sites for hydroxylation is 1. The van der Waals surface area contributed by atoms with E-state index >= 15 is 0 Å². The van der Waals surface area contributed by atoms with Crippen LogP contribution in [0.1, 0.15) is 24.1 Å².